The van der Waals surface area contributed by atoms with Gasteiger partial charge in [0.2, 0.25) is 5.95 Å². The van der Waals surface area contributed by atoms with E-state index in [-0.39, 0.29) is 6.54 Å². The first kappa shape index (κ1) is 11.6. The van der Waals surface area contributed by atoms with E-state index < -0.39 is 0 Å². The largest absolute Gasteiger partial charge is 0.341 e. The molecular formula is C12H9BrN4. The molecule has 0 radical (unpaired) electrons. The molecule has 5 heteroatoms. The van der Waals surface area contributed by atoms with Crippen LogP contribution in [0, 0.1) is 11.3 Å². The van der Waals surface area contributed by atoms with E-state index in [0.717, 1.165) is 15.6 Å². The molecule has 0 saturated heterocycles. The van der Waals surface area contributed by atoms with Crippen LogP contribution < -0.4 is 5.32 Å². The van der Waals surface area contributed by atoms with E-state index in [1.807, 2.05) is 30.3 Å². The molecule has 0 saturated carbocycles. The lowest BCUT2D eigenvalue weighted by atomic mass is 10.1. The summed E-state index contributed by atoms with van der Waals surface area (Å²) in [6.07, 6.45) is 3.46. The number of hydrogen-bond donors (Lipinski definition) is 1. The van der Waals surface area contributed by atoms with Gasteiger partial charge in [0.05, 0.1) is 6.07 Å². The number of nitrogens with one attached hydrogen (secondary N) is 1. The first-order chi connectivity index (χ1) is 8.31. The third-order valence-corrected chi connectivity index (χ3v) is 2.85. The molecule has 1 heterocycles. The quantitative estimate of drug-likeness (QED) is 0.883. The highest BCUT2D eigenvalue weighted by atomic mass is 79.9. The highest BCUT2D eigenvalue weighted by Crippen LogP contribution is 2.26. The van der Waals surface area contributed by atoms with Crippen LogP contribution in [0.15, 0.2) is 41.1 Å². The fourth-order valence-corrected chi connectivity index (χ4v) is 1.89. The van der Waals surface area contributed by atoms with E-state index >= 15 is 0 Å². The standard InChI is InChI=1S/C12H9BrN4/c13-11-4-2-1-3-10(11)9-7-16-12(17-8-9)15-6-5-14/h1-4,7-8H,6H2,(H,15,16,17). The molecule has 0 fully saturated rings. The molecule has 84 valence electrons. The van der Waals surface area contributed by atoms with Crippen LogP contribution in [0.1, 0.15) is 0 Å². The summed E-state index contributed by atoms with van der Waals surface area (Å²) in [6, 6.07) is 9.85. The Labute approximate surface area is 107 Å². The summed E-state index contributed by atoms with van der Waals surface area (Å²) in [5.74, 6) is 0.461. The number of halogens is 1. The Morgan fingerprint density at radius 3 is 2.59 bits per heavy atom. The zero-order valence-corrected chi connectivity index (χ0v) is 10.5. The number of nitriles is 1. The molecule has 0 atom stereocenters. The molecule has 2 rings (SSSR count). The summed E-state index contributed by atoms with van der Waals surface area (Å²) >= 11 is 3.48. The van der Waals surface area contributed by atoms with Gasteiger partial charge >= 0.3 is 0 Å². The Balaban J connectivity index is 2.24. The van der Waals surface area contributed by atoms with Crippen molar-refractivity contribution in [2.45, 2.75) is 0 Å². The second-order valence-electron chi connectivity index (χ2n) is 3.29. The molecule has 1 N–H and O–H groups in total. The van der Waals surface area contributed by atoms with Gasteiger partial charge in [-0.25, -0.2) is 9.97 Å². The second-order valence-corrected chi connectivity index (χ2v) is 4.14. The van der Waals surface area contributed by atoms with E-state index in [2.05, 4.69) is 31.2 Å². The molecule has 0 aliphatic rings. The van der Waals surface area contributed by atoms with Crippen LogP contribution in [-0.4, -0.2) is 16.5 Å². The van der Waals surface area contributed by atoms with Gasteiger partial charge in [0, 0.05) is 22.4 Å². The average Bonchev–Trinajstić information content (AvgIpc) is 2.38. The Morgan fingerprint density at radius 2 is 1.94 bits per heavy atom. The predicted octanol–water partition coefficient (Wildman–Crippen LogP) is 2.84. The summed E-state index contributed by atoms with van der Waals surface area (Å²) in [7, 11) is 0. The van der Waals surface area contributed by atoms with Crippen LogP contribution in [0.5, 0.6) is 0 Å². The molecular weight excluding hydrogens is 280 g/mol. The van der Waals surface area contributed by atoms with Crippen molar-refractivity contribution in [3.63, 3.8) is 0 Å². The molecule has 0 aliphatic carbocycles. The maximum Gasteiger partial charge on any atom is 0.223 e. The number of benzene rings is 1. The highest BCUT2D eigenvalue weighted by molar-refractivity contribution is 9.10. The van der Waals surface area contributed by atoms with Gasteiger partial charge in [0.25, 0.3) is 0 Å². The molecule has 1 aromatic carbocycles. The number of anilines is 1. The van der Waals surface area contributed by atoms with Gasteiger partial charge in [-0.3, -0.25) is 0 Å². The third-order valence-electron chi connectivity index (χ3n) is 2.16. The van der Waals surface area contributed by atoms with Crippen LogP contribution in [-0.2, 0) is 0 Å². The van der Waals surface area contributed by atoms with Gasteiger partial charge in [0.1, 0.15) is 6.54 Å². The van der Waals surface area contributed by atoms with Crippen LogP contribution in [0.3, 0.4) is 0 Å². The molecule has 0 unspecified atom stereocenters. The zero-order chi connectivity index (χ0) is 12.1. The van der Waals surface area contributed by atoms with Gasteiger partial charge in [0.15, 0.2) is 0 Å². The van der Waals surface area contributed by atoms with Crippen molar-refractivity contribution < 1.29 is 0 Å². The van der Waals surface area contributed by atoms with Gasteiger partial charge < -0.3 is 5.32 Å². The number of aromatic nitrogens is 2. The first-order valence-corrected chi connectivity index (χ1v) is 5.78. The lowest BCUT2D eigenvalue weighted by Gasteiger charge is -2.04. The maximum absolute atomic E-state index is 8.42. The van der Waals surface area contributed by atoms with E-state index in [4.69, 9.17) is 5.26 Å². The monoisotopic (exact) mass is 288 g/mol. The van der Waals surface area contributed by atoms with Gasteiger partial charge in [-0.2, -0.15) is 5.26 Å². The molecule has 2 aromatic rings. The first-order valence-electron chi connectivity index (χ1n) is 4.99. The van der Waals surface area contributed by atoms with E-state index in [1.54, 1.807) is 12.4 Å². The summed E-state index contributed by atoms with van der Waals surface area (Å²) in [5.41, 5.74) is 1.97. The van der Waals surface area contributed by atoms with E-state index in [9.17, 15) is 0 Å². The fourth-order valence-electron chi connectivity index (χ4n) is 1.37. The Morgan fingerprint density at radius 1 is 1.24 bits per heavy atom. The van der Waals surface area contributed by atoms with Crippen molar-refractivity contribution in [1.82, 2.24) is 9.97 Å². The Hall–Kier alpha value is -1.93. The second kappa shape index (κ2) is 5.41. The predicted molar refractivity (Wildman–Crippen MR) is 69.3 cm³/mol. The molecule has 0 amide bonds. The zero-order valence-electron chi connectivity index (χ0n) is 8.89. The summed E-state index contributed by atoms with van der Waals surface area (Å²) in [4.78, 5) is 8.28. The van der Waals surface area contributed by atoms with Crippen LogP contribution >= 0.6 is 15.9 Å². The van der Waals surface area contributed by atoms with Crippen LogP contribution in [0.25, 0.3) is 11.1 Å². The normalized spacial score (nSPS) is 9.65. The smallest absolute Gasteiger partial charge is 0.223 e. The van der Waals surface area contributed by atoms with Crippen molar-refractivity contribution in [3.8, 4) is 17.2 Å². The molecule has 0 aliphatic heterocycles. The summed E-state index contributed by atoms with van der Waals surface area (Å²) in [5, 5.41) is 11.2. The highest BCUT2D eigenvalue weighted by Gasteiger charge is 2.03. The SMILES string of the molecule is N#CCNc1ncc(-c2ccccc2Br)cn1. The summed E-state index contributed by atoms with van der Waals surface area (Å²) in [6.45, 7) is 0.203. The summed E-state index contributed by atoms with van der Waals surface area (Å²) < 4.78 is 1.00. The van der Waals surface area contributed by atoms with Crippen LogP contribution in [0.2, 0.25) is 0 Å². The molecule has 4 nitrogen and oxygen atoms in total. The van der Waals surface area contributed by atoms with Crippen LogP contribution in [0.4, 0.5) is 5.95 Å². The Kier molecular flexibility index (Phi) is 3.68. The van der Waals surface area contributed by atoms with Crippen molar-refractivity contribution in [1.29, 1.82) is 5.26 Å². The van der Waals surface area contributed by atoms with Crippen molar-refractivity contribution in [3.05, 3.63) is 41.1 Å². The Bertz CT molecular complexity index is 545. The minimum atomic E-state index is 0.203. The molecule has 0 spiro atoms. The molecule has 1 aromatic heterocycles. The number of hydrogen-bond acceptors (Lipinski definition) is 4. The van der Waals surface area contributed by atoms with E-state index in [0.29, 0.717) is 5.95 Å². The number of nitrogens with zero attached hydrogens (tertiary/aromatic N) is 3. The maximum atomic E-state index is 8.42. The minimum absolute atomic E-state index is 0.203. The van der Waals surface area contributed by atoms with Gasteiger partial charge in [-0.15, -0.1) is 0 Å². The third kappa shape index (κ3) is 2.80. The molecule has 0 bridgehead atoms. The van der Waals surface area contributed by atoms with Gasteiger partial charge in [-0.05, 0) is 11.6 Å². The topological polar surface area (TPSA) is 61.6 Å². The van der Waals surface area contributed by atoms with Crippen molar-refractivity contribution >= 4 is 21.9 Å². The lowest BCUT2D eigenvalue weighted by molar-refractivity contribution is 1.12. The van der Waals surface area contributed by atoms with Gasteiger partial charge in [-0.1, -0.05) is 34.1 Å². The minimum Gasteiger partial charge on any atom is -0.341 e. The average molecular weight is 289 g/mol. The molecule has 17 heavy (non-hydrogen) atoms. The number of rotatable bonds is 3. The van der Waals surface area contributed by atoms with Crippen molar-refractivity contribution in [2.75, 3.05) is 11.9 Å². The van der Waals surface area contributed by atoms with E-state index in [1.165, 1.54) is 0 Å². The lowest BCUT2D eigenvalue weighted by Crippen LogP contribution is -2.02. The fraction of sp³-hybridized carbons (Fsp3) is 0.0833. The van der Waals surface area contributed by atoms with Crippen molar-refractivity contribution in [2.24, 2.45) is 0 Å².